The fraction of sp³-hybridized carbons (Fsp3) is 0.100. The van der Waals surface area contributed by atoms with Crippen LogP contribution in [0.5, 0.6) is 0 Å². The molecule has 0 aliphatic rings. The van der Waals surface area contributed by atoms with E-state index < -0.39 is 12.1 Å². The number of hydrogen-bond acceptors (Lipinski definition) is 4. The zero-order valence-electron chi connectivity index (χ0n) is 21.6. The first-order chi connectivity index (χ1) is 19.5. The van der Waals surface area contributed by atoms with E-state index in [0.29, 0.717) is 11.3 Å². The van der Waals surface area contributed by atoms with Crippen molar-refractivity contribution in [3.05, 3.63) is 108 Å². The normalized spacial score (nSPS) is 11.0. The first-order valence-corrected chi connectivity index (χ1v) is 12.2. The number of amides is 1. The summed E-state index contributed by atoms with van der Waals surface area (Å²) in [6.07, 6.45) is 0.487. The SMILES string of the molecule is Cc1cc(-c2cc(NC(=O)Cc3c[nH]c4ccccc34)ccc2Nc2cccnc2)ccc1F.O=C(O)C(F)(F)F. The number of rotatable bonds is 6. The van der Waals surface area contributed by atoms with Crippen molar-refractivity contribution in [2.45, 2.75) is 19.5 Å². The Morgan fingerprint density at radius 3 is 2.41 bits per heavy atom. The summed E-state index contributed by atoms with van der Waals surface area (Å²) in [5.41, 5.74) is 6.52. The predicted octanol–water partition coefficient (Wildman–Crippen LogP) is 7.24. The number of nitrogens with zero attached hydrogens (tertiary/aromatic N) is 1. The van der Waals surface area contributed by atoms with Gasteiger partial charge < -0.3 is 20.7 Å². The molecule has 0 aliphatic carbocycles. The van der Waals surface area contributed by atoms with E-state index in [0.717, 1.165) is 39.0 Å². The Kier molecular flexibility index (Phi) is 8.66. The van der Waals surface area contributed by atoms with Crippen LogP contribution in [0.15, 0.2) is 91.4 Å². The molecule has 210 valence electrons. The van der Waals surface area contributed by atoms with Gasteiger partial charge in [0.15, 0.2) is 0 Å². The van der Waals surface area contributed by atoms with E-state index in [2.05, 4.69) is 20.6 Å². The van der Waals surface area contributed by atoms with Crippen molar-refractivity contribution in [2.24, 2.45) is 0 Å². The zero-order valence-corrected chi connectivity index (χ0v) is 21.6. The van der Waals surface area contributed by atoms with Gasteiger partial charge in [-0.15, -0.1) is 0 Å². The molecule has 7 nitrogen and oxygen atoms in total. The number of carbonyl (C=O) groups excluding carboxylic acids is 1. The van der Waals surface area contributed by atoms with Gasteiger partial charge in [-0.3, -0.25) is 9.78 Å². The number of para-hydroxylation sites is 1. The molecule has 0 radical (unpaired) electrons. The van der Waals surface area contributed by atoms with E-state index in [4.69, 9.17) is 9.90 Å². The minimum Gasteiger partial charge on any atom is -0.475 e. The van der Waals surface area contributed by atoms with Crippen LogP contribution in [0.25, 0.3) is 22.0 Å². The molecule has 0 bridgehead atoms. The zero-order chi connectivity index (χ0) is 29.6. The number of alkyl halides is 3. The molecule has 1 amide bonds. The lowest BCUT2D eigenvalue weighted by molar-refractivity contribution is -0.192. The molecule has 0 saturated carbocycles. The van der Waals surface area contributed by atoms with Crippen molar-refractivity contribution in [3.63, 3.8) is 0 Å². The van der Waals surface area contributed by atoms with Gasteiger partial charge in [0, 0.05) is 40.2 Å². The predicted molar refractivity (Wildman–Crippen MR) is 148 cm³/mol. The number of halogens is 4. The Labute approximate surface area is 231 Å². The number of nitrogens with one attached hydrogen (secondary N) is 3. The lowest BCUT2D eigenvalue weighted by Crippen LogP contribution is -2.21. The standard InChI is InChI=1S/C28H23FN4O.C2HF3O2/c1-18-13-19(8-10-25(18)29)24-15-21(9-11-27(24)32-22-5-4-12-30-17-22)33-28(34)14-20-16-31-26-7-3-2-6-23(20)26;3-2(4,5)1(6)7/h2-13,15-17,31-32H,14H2,1H3,(H,33,34);(H,6,7). The highest BCUT2D eigenvalue weighted by Crippen LogP contribution is 2.34. The van der Waals surface area contributed by atoms with Crippen molar-refractivity contribution in [1.82, 2.24) is 9.97 Å². The molecule has 0 saturated heterocycles. The van der Waals surface area contributed by atoms with Crippen molar-refractivity contribution >= 4 is 39.8 Å². The quantitative estimate of drug-likeness (QED) is 0.163. The van der Waals surface area contributed by atoms with Gasteiger partial charge in [0.2, 0.25) is 5.91 Å². The number of aromatic amines is 1. The van der Waals surface area contributed by atoms with Crippen LogP contribution in [0, 0.1) is 12.7 Å². The lowest BCUT2D eigenvalue weighted by Gasteiger charge is -2.15. The Hall–Kier alpha value is -5.19. The van der Waals surface area contributed by atoms with Crippen LogP contribution in [-0.2, 0) is 16.0 Å². The maximum Gasteiger partial charge on any atom is 0.490 e. The molecular formula is C30H24F4N4O3. The van der Waals surface area contributed by atoms with Crippen LogP contribution in [0.1, 0.15) is 11.1 Å². The van der Waals surface area contributed by atoms with Crippen molar-refractivity contribution in [3.8, 4) is 11.1 Å². The molecule has 0 aliphatic heterocycles. The van der Waals surface area contributed by atoms with E-state index in [9.17, 15) is 22.4 Å². The van der Waals surface area contributed by atoms with Crippen LogP contribution in [-0.4, -0.2) is 33.1 Å². The van der Waals surface area contributed by atoms with Gasteiger partial charge in [-0.25, -0.2) is 9.18 Å². The van der Waals surface area contributed by atoms with Crippen LogP contribution >= 0.6 is 0 Å². The first-order valence-electron chi connectivity index (χ1n) is 12.2. The summed E-state index contributed by atoms with van der Waals surface area (Å²) in [5.74, 6) is -3.12. The highest BCUT2D eigenvalue weighted by atomic mass is 19.4. The second kappa shape index (κ2) is 12.3. The van der Waals surface area contributed by atoms with E-state index in [-0.39, 0.29) is 18.1 Å². The Bertz CT molecular complexity index is 1680. The molecule has 0 atom stereocenters. The number of fused-ring (bicyclic) bond motifs is 1. The summed E-state index contributed by atoms with van der Waals surface area (Å²) in [7, 11) is 0. The highest BCUT2D eigenvalue weighted by molar-refractivity contribution is 5.97. The number of anilines is 3. The van der Waals surface area contributed by atoms with E-state index in [1.54, 1.807) is 31.5 Å². The fourth-order valence-electron chi connectivity index (χ4n) is 4.03. The van der Waals surface area contributed by atoms with Gasteiger partial charge in [-0.1, -0.05) is 24.3 Å². The summed E-state index contributed by atoms with van der Waals surface area (Å²) in [4.78, 5) is 29.1. The van der Waals surface area contributed by atoms with Gasteiger partial charge in [0.05, 0.1) is 18.3 Å². The lowest BCUT2D eigenvalue weighted by atomic mass is 10.00. The molecule has 3 aromatic carbocycles. The Morgan fingerprint density at radius 2 is 1.73 bits per heavy atom. The minimum absolute atomic E-state index is 0.112. The second-order valence-electron chi connectivity index (χ2n) is 8.98. The number of aromatic nitrogens is 2. The third-order valence-electron chi connectivity index (χ3n) is 5.98. The van der Waals surface area contributed by atoms with Gasteiger partial charge in [0.25, 0.3) is 0 Å². The number of pyridine rings is 1. The molecule has 4 N–H and O–H groups in total. The molecule has 2 heterocycles. The number of H-pyrrole nitrogens is 1. The number of carboxylic acid groups (broad SMARTS) is 1. The molecule has 0 fully saturated rings. The third-order valence-corrected chi connectivity index (χ3v) is 5.98. The van der Waals surface area contributed by atoms with Gasteiger partial charge in [-0.05, 0) is 72.1 Å². The largest absolute Gasteiger partial charge is 0.490 e. The summed E-state index contributed by atoms with van der Waals surface area (Å²) >= 11 is 0. The number of carbonyl (C=O) groups is 2. The molecule has 41 heavy (non-hydrogen) atoms. The average molecular weight is 565 g/mol. The summed E-state index contributed by atoms with van der Waals surface area (Å²) in [6, 6.07) is 22.3. The molecule has 0 unspecified atom stereocenters. The third kappa shape index (κ3) is 7.47. The maximum atomic E-state index is 13.9. The molecule has 5 aromatic rings. The van der Waals surface area contributed by atoms with Crippen molar-refractivity contribution in [2.75, 3.05) is 10.6 Å². The van der Waals surface area contributed by atoms with E-state index in [1.165, 1.54) is 6.07 Å². The smallest absolute Gasteiger partial charge is 0.475 e. The Morgan fingerprint density at radius 1 is 0.976 bits per heavy atom. The number of benzene rings is 3. The van der Waals surface area contributed by atoms with E-state index >= 15 is 0 Å². The summed E-state index contributed by atoms with van der Waals surface area (Å²) in [6.45, 7) is 1.74. The van der Waals surface area contributed by atoms with Crippen LogP contribution < -0.4 is 10.6 Å². The number of aliphatic carboxylic acids is 1. The molecule has 5 rings (SSSR count). The monoisotopic (exact) mass is 564 g/mol. The summed E-state index contributed by atoms with van der Waals surface area (Å²) in [5, 5.41) is 14.5. The van der Waals surface area contributed by atoms with Crippen LogP contribution in [0.4, 0.5) is 34.6 Å². The van der Waals surface area contributed by atoms with Gasteiger partial charge >= 0.3 is 12.1 Å². The fourth-order valence-corrected chi connectivity index (χ4v) is 4.03. The first kappa shape index (κ1) is 28.8. The highest BCUT2D eigenvalue weighted by Gasteiger charge is 2.38. The molecular weight excluding hydrogens is 540 g/mol. The number of aryl methyl sites for hydroxylation is 1. The van der Waals surface area contributed by atoms with Crippen molar-refractivity contribution < 1.29 is 32.3 Å². The van der Waals surface area contributed by atoms with Gasteiger partial charge in [0.1, 0.15) is 5.82 Å². The van der Waals surface area contributed by atoms with Crippen LogP contribution in [0.3, 0.4) is 0 Å². The van der Waals surface area contributed by atoms with Crippen LogP contribution in [0.2, 0.25) is 0 Å². The van der Waals surface area contributed by atoms with Gasteiger partial charge in [-0.2, -0.15) is 13.2 Å². The molecule has 11 heteroatoms. The minimum atomic E-state index is -5.08. The topological polar surface area (TPSA) is 107 Å². The molecule has 2 aromatic heterocycles. The summed E-state index contributed by atoms with van der Waals surface area (Å²) < 4.78 is 45.7. The van der Waals surface area contributed by atoms with Crippen molar-refractivity contribution in [1.29, 1.82) is 0 Å². The maximum absolute atomic E-state index is 13.9. The molecule has 0 spiro atoms. The Balaban J connectivity index is 0.000000493. The average Bonchev–Trinajstić information content (AvgIpc) is 3.34. The number of hydrogen-bond donors (Lipinski definition) is 4. The number of carboxylic acids is 1. The second-order valence-corrected chi connectivity index (χ2v) is 8.98. The van der Waals surface area contributed by atoms with E-state index in [1.807, 2.05) is 60.8 Å².